The Bertz CT molecular complexity index is 1010. The highest BCUT2D eigenvalue weighted by atomic mass is 32.2. The summed E-state index contributed by atoms with van der Waals surface area (Å²) >= 11 is 1.39. The van der Waals surface area contributed by atoms with Crippen molar-refractivity contribution in [3.8, 4) is 0 Å². The third kappa shape index (κ3) is 4.69. The van der Waals surface area contributed by atoms with Crippen LogP contribution in [0.25, 0.3) is 0 Å². The molecule has 0 radical (unpaired) electrons. The first kappa shape index (κ1) is 21.5. The van der Waals surface area contributed by atoms with Crippen molar-refractivity contribution in [2.24, 2.45) is 10.9 Å². The molecule has 0 saturated carbocycles. The minimum absolute atomic E-state index is 0.0881. The van der Waals surface area contributed by atoms with Crippen molar-refractivity contribution < 1.29 is 17.2 Å². The predicted octanol–water partition coefficient (Wildman–Crippen LogP) is 3.26. The van der Waals surface area contributed by atoms with Crippen molar-refractivity contribution in [3.63, 3.8) is 0 Å². The van der Waals surface area contributed by atoms with Gasteiger partial charge in [0.25, 0.3) is 0 Å². The van der Waals surface area contributed by atoms with Crippen LogP contribution >= 0.6 is 11.8 Å². The summed E-state index contributed by atoms with van der Waals surface area (Å²) in [5, 5.41) is 6.36. The first-order chi connectivity index (χ1) is 13.8. The highest BCUT2D eigenvalue weighted by Gasteiger charge is 2.31. The lowest BCUT2D eigenvalue weighted by atomic mass is 9.96. The highest BCUT2D eigenvalue weighted by molar-refractivity contribution is 8.13. The van der Waals surface area contributed by atoms with Gasteiger partial charge in [-0.05, 0) is 12.7 Å². The van der Waals surface area contributed by atoms with E-state index >= 15 is 4.39 Å². The number of hydrogen-bond acceptors (Lipinski definition) is 8. The summed E-state index contributed by atoms with van der Waals surface area (Å²) in [4.78, 5) is 12.5. The molecule has 1 aliphatic heterocycles. The predicted molar refractivity (Wildman–Crippen MR) is 111 cm³/mol. The standard InChI is InChI=1S/C17H22F2N6O2S2/c1-4-5-29(26,27)25-10-6-9(2)12(18)15(13(10)19)23-16-14-11(21-8-22-16)7-20-17(24-14)28-3/h8-9,25H,4-7H2,1-3H3,(H,20,24)(H,21,22,23). The van der Waals surface area contributed by atoms with Gasteiger partial charge >= 0.3 is 0 Å². The molecular formula is C17H22F2N6O2S2. The molecule has 0 aromatic carbocycles. The molecule has 1 aliphatic carbocycles. The average Bonchev–Trinajstić information content (AvgIpc) is 2.68. The van der Waals surface area contributed by atoms with E-state index in [1.165, 1.54) is 18.1 Å². The summed E-state index contributed by atoms with van der Waals surface area (Å²) < 4.78 is 56.2. The van der Waals surface area contributed by atoms with Gasteiger partial charge in [-0.3, -0.25) is 9.71 Å². The smallest absolute Gasteiger partial charge is 0.232 e. The zero-order valence-corrected chi connectivity index (χ0v) is 17.8. The zero-order chi connectivity index (χ0) is 21.2. The maximum absolute atomic E-state index is 15.1. The second kappa shape index (κ2) is 8.66. The first-order valence-electron chi connectivity index (χ1n) is 9.01. The molecule has 3 N–H and O–H groups in total. The lowest BCUT2D eigenvalue weighted by Gasteiger charge is -2.25. The highest BCUT2D eigenvalue weighted by Crippen LogP contribution is 2.37. The van der Waals surface area contributed by atoms with Crippen LogP contribution in [0.2, 0.25) is 0 Å². The molecule has 1 atom stereocenters. The van der Waals surface area contributed by atoms with Crippen LogP contribution in [-0.2, 0) is 16.6 Å². The lowest BCUT2D eigenvalue weighted by molar-refractivity contribution is 0.444. The van der Waals surface area contributed by atoms with Gasteiger partial charge in [-0.2, -0.15) is 0 Å². The lowest BCUT2D eigenvalue weighted by Crippen LogP contribution is -2.30. The number of amidine groups is 1. The van der Waals surface area contributed by atoms with E-state index in [9.17, 15) is 12.8 Å². The minimum Gasteiger partial charge on any atom is -0.334 e. The summed E-state index contributed by atoms with van der Waals surface area (Å²) in [6, 6.07) is 0. The topological polar surface area (TPSA) is 108 Å². The fraction of sp³-hybridized carbons (Fsp3) is 0.471. The Labute approximate surface area is 172 Å². The van der Waals surface area contributed by atoms with Crippen molar-refractivity contribution >= 4 is 38.5 Å². The number of fused-ring (bicyclic) bond motifs is 1. The Hall–Kier alpha value is -2.21. The van der Waals surface area contributed by atoms with Crippen molar-refractivity contribution in [2.75, 3.05) is 22.6 Å². The van der Waals surface area contributed by atoms with E-state index in [2.05, 4.69) is 30.3 Å². The van der Waals surface area contributed by atoms with Crippen LogP contribution in [0.5, 0.6) is 0 Å². The summed E-state index contributed by atoms with van der Waals surface area (Å²) in [7, 11) is -3.70. The van der Waals surface area contributed by atoms with Gasteiger partial charge in [0, 0.05) is 12.3 Å². The van der Waals surface area contributed by atoms with Crippen LogP contribution in [-0.4, -0.2) is 35.6 Å². The maximum atomic E-state index is 15.1. The molecule has 1 unspecified atom stereocenters. The molecule has 1 aromatic rings. The van der Waals surface area contributed by atoms with Crippen LogP contribution in [0, 0.1) is 5.92 Å². The van der Waals surface area contributed by atoms with Crippen molar-refractivity contribution in [2.45, 2.75) is 33.2 Å². The molecule has 3 rings (SSSR count). The molecule has 0 saturated heterocycles. The van der Waals surface area contributed by atoms with Crippen LogP contribution in [0.3, 0.4) is 0 Å². The second-order valence-corrected chi connectivity index (χ2v) is 9.30. The number of anilines is 2. The molecule has 0 amide bonds. The molecular weight excluding hydrogens is 422 g/mol. The number of sulfonamides is 1. The zero-order valence-electron chi connectivity index (χ0n) is 16.2. The van der Waals surface area contributed by atoms with Crippen molar-refractivity contribution in [1.29, 1.82) is 0 Å². The molecule has 12 heteroatoms. The minimum atomic E-state index is -3.70. The number of halogens is 2. The van der Waals surface area contributed by atoms with Gasteiger partial charge < -0.3 is 10.6 Å². The second-order valence-electron chi connectivity index (χ2n) is 6.66. The Balaban J connectivity index is 1.95. The van der Waals surface area contributed by atoms with Gasteiger partial charge in [0.1, 0.15) is 23.5 Å². The van der Waals surface area contributed by atoms with Crippen molar-refractivity contribution in [1.82, 2.24) is 14.7 Å². The van der Waals surface area contributed by atoms with Crippen molar-refractivity contribution in [3.05, 3.63) is 35.1 Å². The molecule has 0 bridgehead atoms. The van der Waals surface area contributed by atoms with Gasteiger partial charge in [0.05, 0.1) is 23.7 Å². The number of aliphatic imine (C=N–C) groups is 1. The van der Waals surface area contributed by atoms with Gasteiger partial charge in [-0.25, -0.2) is 27.2 Å². The van der Waals surface area contributed by atoms with E-state index in [4.69, 9.17) is 0 Å². The molecule has 0 fully saturated rings. The molecule has 0 spiro atoms. The summed E-state index contributed by atoms with van der Waals surface area (Å²) in [5.41, 5.74) is 0.454. The average molecular weight is 445 g/mol. The Morgan fingerprint density at radius 3 is 2.79 bits per heavy atom. The SMILES string of the molecule is CCCS(=O)(=O)NC1=C(F)C(Nc2ncnc3c2NC(SC)=NC3)=C(F)C(C)C1. The molecule has 2 aliphatic rings. The largest absolute Gasteiger partial charge is 0.334 e. The number of thioether (sulfide) groups is 1. The van der Waals surface area contributed by atoms with Crippen LogP contribution in [0.15, 0.2) is 34.4 Å². The molecule has 1 aromatic heterocycles. The number of aromatic nitrogens is 2. The summed E-state index contributed by atoms with van der Waals surface area (Å²) in [6.07, 6.45) is 3.41. The Morgan fingerprint density at radius 2 is 2.10 bits per heavy atom. The van der Waals surface area contributed by atoms with E-state index in [0.29, 0.717) is 29.5 Å². The van der Waals surface area contributed by atoms with Crippen LogP contribution < -0.4 is 15.4 Å². The van der Waals surface area contributed by atoms with E-state index in [1.54, 1.807) is 13.8 Å². The van der Waals surface area contributed by atoms with E-state index in [-0.39, 0.29) is 23.7 Å². The van der Waals surface area contributed by atoms with Crippen LogP contribution in [0.1, 0.15) is 32.4 Å². The molecule has 2 heterocycles. The number of rotatable bonds is 6. The van der Waals surface area contributed by atoms with E-state index in [1.807, 2.05) is 6.26 Å². The first-order valence-corrected chi connectivity index (χ1v) is 11.9. The van der Waals surface area contributed by atoms with E-state index < -0.39 is 33.3 Å². The number of nitrogens with zero attached hydrogens (tertiary/aromatic N) is 3. The molecule has 8 nitrogen and oxygen atoms in total. The van der Waals surface area contributed by atoms with Crippen LogP contribution in [0.4, 0.5) is 20.3 Å². The van der Waals surface area contributed by atoms with Gasteiger partial charge in [-0.15, -0.1) is 0 Å². The number of hydrogen-bond donors (Lipinski definition) is 3. The van der Waals surface area contributed by atoms with Gasteiger partial charge in [0.15, 0.2) is 16.8 Å². The normalized spacial score (nSPS) is 19.5. The fourth-order valence-electron chi connectivity index (χ4n) is 2.99. The monoisotopic (exact) mass is 444 g/mol. The molecule has 29 heavy (non-hydrogen) atoms. The maximum Gasteiger partial charge on any atom is 0.232 e. The summed E-state index contributed by atoms with van der Waals surface area (Å²) in [6.45, 7) is 3.58. The van der Waals surface area contributed by atoms with Gasteiger partial charge in [-0.1, -0.05) is 25.6 Å². The Kier molecular flexibility index (Phi) is 6.42. The third-order valence-electron chi connectivity index (χ3n) is 4.38. The number of allylic oxidation sites excluding steroid dienone is 3. The third-order valence-corrected chi connectivity index (χ3v) is 6.51. The van der Waals surface area contributed by atoms with E-state index in [0.717, 1.165) is 0 Å². The summed E-state index contributed by atoms with van der Waals surface area (Å²) in [5.74, 6) is -2.36. The quantitative estimate of drug-likeness (QED) is 0.618. The Morgan fingerprint density at radius 1 is 1.34 bits per heavy atom. The van der Waals surface area contributed by atoms with Gasteiger partial charge in [0.2, 0.25) is 10.0 Å². The fourth-order valence-corrected chi connectivity index (χ4v) is 4.58. The molecule has 158 valence electrons. The number of nitrogens with one attached hydrogen (secondary N) is 3.